The highest BCUT2D eigenvalue weighted by molar-refractivity contribution is 5.34. The maximum atomic E-state index is 13.8. The van der Waals surface area contributed by atoms with Gasteiger partial charge in [-0.15, -0.1) is 0 Å². The number of halogens is 2. The third-order valence-electron chi connectivity index (χ3n) is 2.61. The first-order valence-corrected chi connectivity index (χ1v) is 5.32. The van der Waals surface area contributed by atoms with E-state index >= 15 is 0 Å². The first kappa shape index (κ1) is 12.4. The van der Waals surface area contributed by atoms with Crippen molar-refractivity contribution in [3.63, 3.8) is 0 Å². The summed E-state index contributed by atoms with van der Waals surface area (Å²) in [5, 5.41) is 0. The Morgan fingerprint density at radius 3 is 2.56 bits per heavy atom. The lowest BCUT2D eigenvalue weighted by molar-refractivity contribution is 0.410. The van der Waals surface area contributed by atoms with Gasteiger partial charge in [-0.25, -0.2) is 8.78 Å². The Bertz CT molecular complexity index is 543. The number of hydrogen-bond acceptors (Lipinski definition) is 3. The van der Waals surface area contributed by atoms with Gasteiger partial charge in [0.05, 0.1) is 25.0 Å². The lowest BCUT2D eigenvalue weighted by atomic mass is 10.0. The Hall–Kier alpha value is -2.01. The number of pyridine rings is 1. The molecule has 0 aliphatic carbocycles. The molecule has 2 rings (SSSR count). The van der Waals surface area contributed by atoms with Gasteiger partial charge < -0.3 is 10.5 Å². The lowest BCUT2D eigenvalue weighted by Crippen LogP contribution is -2.15. The molecular weight excluding hydrogens is 238 g/mol. The van der Waals surface area contributed by atoms with E-state index in [0.717, 1.165) is 6.20 Å². The zero-order chi connectivity index (χ0) is 13.1. The Kier molecular flexibility index (Phi) is 3.53. The van der Waals surface area contributed by atoms with E-state index in [9.17, 15) is 8.78 Å². The molecule has 2 aromatic rings. The van der Waals surface area contributed by atoms with Crippen molar-refractivity contribution in [2.75, 3.05) is 7.11 Å². The Balaban J connectivity index is 2.33. The van der Waals surface area contributed by atoms with Crippen LogP contribution in [0.4, 0.5) is 8.78 Å². The molecule has 1 aromatic carbocycles. The number of benzene rings is 1. The molecule has 0 aliphatic heterocycles. The van der Waals surface area contributed by atoms with Crippen LogP contribution in [0.15, 0.2) is 36.5 Å². The Labute approximate surface area is 103 Å². The van der Waals surface area contributed by atoms with Crippen LogP contribution in [0.3, 0.4) is 0 Å². The molecule has 0 saturated carbocycles. The van der Waals surface area contributed by atoms with E-state index in [2.05, 4.69) is 4.98 Å². The van der Waals surface area contributed by atoms with Gasteiger partial charge in [0.2, 0.25) is 0 Å². The normalized spacial score (nSPS) is 12.2. The summed E-state index contributed by atoms with van der Waals surface area (Å²) < 4.78 is 31.4. The van der Waals surface area contributed by atoms with Gasteiger partial charge >= 0.3 is 0 Å². The van der Waals surface area contributed by atoms with Crippen LogP contribution in [0.2, 0.25) is 0 Å². The van der Waals surface area contributed by atoms with E-state index in [1.807, 2.05) is 0 Å². The molecule has 0 spiro atoms. The molecule has 3 nitrogen and oxygen atoms in total. The molecule has 1 unspecified atom stereocenters. The average Bonchev–Trinajstić information content (AvgIpc) is 2.38. The molecule has 94 valence electrons. The van der Waals surface area contributed by atoms with Crippen LogP contribution in [0.1, 0.15) is 17.3 Å². The smallest absolute Gasteiger partial charge is 0.141 e. The standard InChI is InChI=1S/C13H12F2N2O/c1-18-9-3-4-10(11(15)6-9)13(16)12-5-2-8(14)7-17-12/h2-7,13H,16H2,1H3. The SMILES string of the molecule is COc1ccc(C(N)c2ccc(F)cn2)c(F)c1. The quantitative estimate of drug-likeness (QED) is 0.910. The van der Waals surface area contributed by atoms with Crippen LogP contribution >= 0.6 is 0 Å². The summed E-state index contributed by atoms with van der Waals surface area (Å²) in [5.74, 6) is -0.523. The first-order chi connectivity index (χ1) is 8.61. The Morgan fingerprint density at radius 2 is 2.00 bits per heavy atom. The summed E-state index contributed by atoms with van der Waals surface area (Å²) in [4.78, 5) is 3.84. The number of methoxy groups -OCH3 is 1. The number of hydrogen-bond donors (Lipinski definition) is 1. The van der Waals surface area contributed by atoms with Crippen molar-refractivity contribution in [2.24, 2.45) is 5.73 Å². The van der Waals surface area contributed by atoms with Gasteiger partial charge in [-0.2, -0.15) is 0 Å². The van der Waals surface area contributed by atoms with Crippen LogP contribution in [-0.2, 0) is 0 Å². The van der Waals surface area contributed by atoms with Crippen LogP contribution < -0.4 is 10.5 Å². The summed E-state index contributed by atoms with van der Waals surface area (Å²) in [6.45, 7) is 0. The highest BCUT2D eigenvalue weighted by atomic mass is 19.1. The van der Waals surface area contributed by atoms with Crippen molar-refractivity contribution in [1.29, 1.82) is 0 Å². The van der Waals surface area contributed by atoms with Gasteiger partial charge in [0.15, 0.2) is 0 Å². The predicted octanol–water partition coefficient (Wildman–Crippen LogP) is 2.42. The third-order valence-corrected chi connectivity index (χ3v) is 2.61. The van der Waals surface area contributed by atoms with Crippen LogP contribution in [0, 0.1) is 11.6 Å². The van der Waals surface area contributed by atoms with Crippen molar-refractivity contribution >= 4 is 0 Å². The number of ether oxygens (including phenoxy) is 1. The monoisotopic (exact) mass is 250 g/mol. The van der Waals surface area contributed by atoms with E-state index < -0.39 is 17.7 Å². The fourth-order valence-corrected chi connectivity index (χ4v) is 1.62. The topological polar surface area (TPSA) is 48.1 Å². The van der Waals surface area contributed by atoms with Crippen molar-refractivity contribution in [1.82, 2.24) is 4.98 Å². The molecule has 1 heterocycles. The van der Waals surface area contributed by atoms with Gasteiger partial charge in [0.1, 0.15) is 17.4 Å². The van der Waals surface area contributed by atoms with Gasteiger partial charge in [-0.05, 0) is 18.2 Å². The third kappa shape index (κ3) is 2.46. The lowest BCUT2D eigenvalue weighted by Gasteiger charge is -2.13. The number of aromatic nitrogens is 1. The summed E-state index contributed by atoms with van der Waals surface area (Å²) in [5.41, 5.74) is 6.58. The fraction of sp³-hybridized carbons (Fsp3) is 0.154. The van der Waals surface area contributed by atoms with E-state index in [1.165, 1.54) is 31.4 Å². The number of rotatable bonds is 3. The van der Waals surface area contributed by atoms with Crippen LogP contribution in [0.5, 0.6) is 5.75 Å². The first-order valence-electron chi connectivity index (χ1n) is 5.32. The molecule has 0 radical (unpaired) electrons. The second kappa shape index (κ2) is 5.10. The average molecular weight is 250 g/mol. The van der Waals surface area contributed by atoms with Gasteiger partial charge in [0, 0.05) is 11.6 Å². The van der Waals surface area contributed by atoms with Crippen molar-refractivity contribution < 1.29 is 13.5 Å². The highest BCUT2D eigenvalue weighted by Gasteiger charge is 2.15. The molecule has 0 saturated heterocycles. The van der Waals surface area contributed by atoms with E-state index in [4.69, 9.17) is 10.5 Å². The largest absolute Gasteiger partial charge is 0.497 e. The molecule has 0 aliphatic rings. The molecule has 18 heavy (non-hydrogen) atoms. The molecule has 1 aromatic heterocycles. The molecule has 0 amide bonds. The molecule has 5 heteroatoms. The van der Waals surface area contributed by atoms with Crippen molar-refractivity contribution in [2.45, 2.75) is 6.04 Å². The summed E-state index contributed by atoms with van der Waals surface area (Å²) >= 11 is 0. The van der Waals surface area contributed by atoms with E-state index in [-0.39, 0.29) is 5.56 Å². The van der Waals surface area contributed by atoms with Gasteiger partial charge in [-0.1, -0.05) is 6.07 Å². The van der Waals surface area contributed by atoms with E-state index in [1.54, 1.807) is 6.07 Å². The second-order valence-corrected chi connectivity index (χ2v) is 3.77. The minimum atomic E-state index is -0.739. The summed E-state index contributed by atoms with van der Waals surface area (Å²) in [6.07, 6.45) is 1.05. The maximum absolute atomic E-state index is 13.8. The van der Waals surface area contributed by atoms with Crippen molar-refractivity contribution in [3.8, 4) is 5.75 Å². The predicted molar refractivity (Wildman–Crippen MR) is 63.2 cm³/mol. The van der Waals surface area contributed by atoms with Crippen LogP contribution in [0.25, 0.3) is 0 Å². The summed E-state index contributed by atoms with van der Waals surface area (Å²) in [6, 6.07) is 6.33. The zero-order valence-electron chi connectivity index (χ0n) is 9.73. The molecule has 2 N–H and O–H groups in total. The van der Waals surface area contributed by atoms with Gasteiger partial charge in [0.25, 0.3) is 0 Å². The molecule has 1 atom stereocenters. The minimum Gasteiger partial charge on any atom is -0.497 e. The number of nitrogens with two attached hydrogens (primary N) is 1. The fourth-order valence-electron chi connectivity index (χ4n) is 1.62. The molecule has 0 fully saturated rings. The van der Waals surface area contributed by atoms with E-state index in [0.29, 0.717) is 11.4 Å². The number of nitrogens with zero attached hydrogens (tertiary/aromatic N) is 1. The zero-order valence-corrected chi connectivity index (χ0v) is 9.73. The van der Waals surface area contributed by atoms with Crippen LogP contribution in [-0.4, -0.2) is 12.1 Å². The molecular formula is C13H12F2N2O. The minimum absolute atomic E-state index is 0.287. The van der Waals surface area contributed by atoms with Gasteiger partial charge in [-0.3, -0.25) is 4.98 Å². The van der Waals surface area contributed by atoms with Crippen molar-refractivity contribution in [3.05, 3.63) is 59.4 Å². The molecule has 0 bridgehead atoms. The maximum Gasteiger partial charge on any atom is 0.141 e. The Morgan fingerprint density at radius 1 is 1.22 bits per heavy atom. The second-order valence-electron chi connectivity index (χ2n) is 3.77. The summed E-state index contributed by atoms with van der Waals surface area (Å²) in [7, 11) is 1.45. The highest BCUT2D eigenvalue weighted by Crippen LogP contribution is 2.24.